The fourth-order valence-electron chi connectivity index (χ4n) is 2.16. The second-order valence-electron chi connectivity index (χ2n) is 5.76. The van der Waals surface area contributed by atoms with E-state index in [1.54, 1.807) is 43.3 Å². The molecule has 0 saturated heterocycles. The minimum Gasteiger partial charge on any atom is -0.349 e. The van der Waals surface area contributed by atoms with E-state index in [1.807, 2.05) is 30.3 Å². The summed E-state index contributed by atoms with van der Waals surface area (Å²) in [7, 11) is 3.50. The van der Waals surface area contributed by atoms with Gasteiger partial charge in [-0.1, -0.05) is 30.3 Å². The zero-order valence-electron chi connectivity index (χ0n) is 14.3. The number of hydrogen-bond acceptors (Lipinski definition) is 3. The third-order valence-electron chi connectivity index (χ3n) is 3.60. The summed E-state index contributed by atoms with van der Waals surface area (Å²) < 4.78 is 0. The molecule has 2 aromatic rings. The predicted octanol–water partition coefficient (Wildman–Crippen LogP) is 2.83. The van der Waals surface area contributed by atoms with Crippen LogP contribution in [0.2, 0.25) is 0 Å². The molecule has 0 aliphatic rings. The highest BCUT2D eigenvalue weighted by Crippen LogP contribution is 2.11. The summed E-state index contributed by atoms with van der Waals surface area (Å²) in [6, 6.07) is 16.5. The van der Waals surface area contributed by atoms with Crippen molar-refractivity contribution in [2.75, 3.05) is 19.4 Å². The van der Waals surface area contributed by atoms with Crippen LogP contribution in [0.25, 0.3) is 0 Å². The van der Waals surface area contributed by atoms with Gasteiger partial charge in [0.15, 0.2) is 5.11 Å². The van der Waals surface area contributed by atoms with Crippen molar-refractivity contribution in [3.63, 3.8) is 0 Å². The SMILES string of the molecule is CN(C)C(=O)CCc1ccc(NC(=S)NC(=O)c2ccccc2)cc1. The molecule has 130 valence electrons. The molecule has 0 fully saturated rings. The summed E-state index contributed by atoms with van der Waals surface area (Å²) in [6.07, 6.45) is 1.16. The number of aryl methyl sites for hydroxylation is 1. The van der Waals surface area contributed by atoms with E-state index in [0.717, 1.165) is 11.3 Å². The van der Waals surface area contributed by atoms with Crippen LogP contribution < -0.4 is 10.6 Å². The first kappa shape index (κ1) is 18.6. The van der Waals surface area contributed by atoms with E-state index >= 15 is 0 Å². The Morgan fingerprint density at radius 1 is 1.00 bits per heavy atom. The van der Waals surface area contributed by atoms with Gasteiger partial charge in [-0.2, -0.15) is 0 Å². The monoisotopic (exact) mass is 355 g/mol. The lowest BCUT2D eigenvalue weighted by molar-refractivity contribution is -0.128. The predicted molar refractivity (Wildman–Crippen MR) is 104 cm³/mol. The number of nitrogens with zero attached hydrogens (tertiary/aromatic N) is 1. The van der Waals surface area contributed by atoms with Crippen LogP contribution in [0.4, 0.5) is 5.69 Å². The van der Waals surface area contributed by atoms with Crippen LogP contribution in [-0.2, 0) is 11.2 Å². The van der Waals surface area contributed by atoms with E-state index in [4.69, 9.17) is 12.2 Å². The Labute approximate surface area is 153 Å². The average molecular weight is 355 g/mol. The molecule has 0 saturated carbocycles. The molecule has 2 N–H and O–H groups in total. The van der Waals surface area contributed by atoms with Gasteiger partial charge in [-0.25, -0.2) is 0 Å². The fourth-order valence-corrected chi connectivity index (χ4v) is 2.37. The number of thiocarbonyl (C=S) groups is 1. The number of hydrogen-bond donors (Lipinski definition) is 2. The van der Waals surface area contributed by atoms with Gasteiger partial charge in [-0.3, -0.25) is 14.9 Å². The van der Waals surface area contributed by atoms with Crippen molar-refractivity contribution < 1.29 is 9.59 Å². The third-order valence-corrected chi connectivity index (χ3v) is 3.81. The first-order valence-electron chi connectivity index (χ1n) is 7.92. The van der Waals surface area contributed by atoms with Gasteiger partial charge in [-0.15, -0.1) is 0 Å². The number of carbonyl (C=O) groups is 2. The Kier molecular flexibility index (Phi) is 6.65. The standard InChI is InChI=1S/C19H21N3O2S/c1-22(2)17(23)13-10-14-8-11-16(12-9-14)20-19(25)21-18(24)15-6-4-3-5-7-15/h3-9,11-12H,10,13H2,1-2H3,(H2,20,21,24,25). The molecule has 6 heteroatoms. The van der Waals surface area contributed by atoms with Crippen molar-refractivity contribution in [2.45, 2.75) is 12.8 Å². The van der Waals surface area contributed by atoms with E-state index in [2.05, 4.69) is 10.6 Å². The molecule has 2 amide bonds. The summed E-state index contributed by atoms with van der Waals surface area (Å²) >= 11 is 5.17. The highest BCUT2D eigenvalue weighted by atomic mass is 32.1. The van der Waals surface area contributed by atoms with Crippen LogP contribution in [0, 0.1) is 0 Å². The highest BCUT2D eigenvalue weighted by molar-refractivity contribution is 7.80. The Morgan fingerprint density at radius 3 is 2.24 bits per heavy atom. The molecule has 0 aliphatic carbocycles. The molecule has 2 aromatic carbocycles. The number of benzene rings is 2. The van der Waals surface area contributed by atoms with Gasteiger partial charge in [0.05, 0.1) is 0 Å². The zero-order valence-corrected chi connectivity index (χ0v) is 15.1. The normalized spacial score (nSPS) is 10.0. The van der Waals surface area contributed by atoms with Crippen LogP contribution in [0.1, 0.15) is 22.3 Å². The van der Waals surface area contributed by atoms with Gasteiger partial charge in [0.25, 0.3) is 5.91 Å². The van der Waals surface area contributed by atoms with E-state index < -0.39 is 0 Å². The van der Waals surface area contributed by atoms with Crippen molar-refractivity contribution in [3.8, 4) is 0 Å². The molecule has 5 nitrogen and oxygen atoms in total. The maximum absolute atomic E-state index is 12.0. The van der Waals surface area contributed by atoms with Crippen LogP contribution in [0.3, 0.4) is 0 Å². The van der Waals surface area contributed by atoms with Crippen molar-refractivity contribution in [1.82, 2.24) is 10.2 Å². The number of anilines is 1. The maximum atomic E-state index is 12.0. The van der Waals surface area contributed by atoms with Crippen LogP contribution in [0.15, 0.2) is 54.6 Å². The Bertz CT molecular complexity index is 743. The van der Waals surface area contributed by atoms with Gasteiger partial charge in [-0.05, 0) is 48.5 Å². The molecule has 0 bridgehead atoms. The first-order valence-corrected chi connectivity index (χ1v) is 8.33. The molecule has 0 unspecified atom stereocenters. The fraction of sp³-hybridized carbons (Fsp3) is 0.211. The quantitative estimate of drug-likeness (QED) is 0.810. The second-order valence-corrected chi connectivity index (χ2v) is 6.17. The molecule has 0 spiro atoms. The summed E-state index contributed by atoms with van der Waals surface area (Å²) in [5.74, 6) is -0.149. The summed E-state index contributed by atoms with van der Waals surface area (Å²) in [4.78, 5) is 25.2. The van der Waals surface area contributed by atoms with Crippen LogP contribution in [-0.4, -0.2) is 35.9 Å². The van der Waals surface area contributed by atoms with Gasteiger partial charge >= 0.3 is 0 Å². The Hall–Kier alpha value is -2.73. The number of carbonyl (C=O) groups excluding carboxylic acids is 2. The number of amides is 2. The van der Waals surface area contributed by atoms with Gasteiger partial charge in [0.1, 0.15) is 0 Å². The van der Waals surface area contributed by atoms with Crippen molar-refractivity contribution in [3.05, 3.63) is 65.7 Å². The minimum atomic E-state index is -0.253. The largest absolute Gasteiger partial charge is 0.349 e. The Balaban J connectivity index is 1.85. The summed E-state index contributed by atoms with van der Waals surface area (Å²) in [5, 5.41) is 5.86. The molecule has 0 aromatic heterocycles. The van der Waals surface area contributed by atoms with Gasteiger partial charge in [0.2, 0.25) is 5.91 Å². The molecular weight excluding hydrogens is 334 g/mol. The van der Waals surface area contributed by atoms with E-state index in [1.165, 1.54) is 0 Å². The zero-order chi connectivity index (χ0) is 18.2. The second kappa shape index (κ2) is 8.94. The lowest BCUT2D eigenvalue weighted by Crippen LogP contribution is -2.34. The Morgan fingerprint density at radius 2 is 1.64 bits per heavy atom. The number of rotatable bonds is 5. The smallest absolute Gasteiger partial charge is 0.257 e. The summed E-state index contributed by atoms with van der Waals surface area (Å²) in [6.45, 7) is 0. The molecule has 0 heterocycles. The average Bonchev–Trinajstić information content (AvgIpc) is 2.61. The number of nitrogens with one attached hydrogen (secondary N) is 2. The molecule has 25 heavy (non-hydrogen) atoms. The first-order chi connectivity index (χ1) is 12.0. The molecular formula is C19H21N3O2S. The third kappa shape index (κ3) is 6.00. The van der Waals surface area contributed by atoms with E-state index in [9.17, 15) is 9.59 Å². The summed E-state index contributed by atoms with van der Waals surface area (Å²) in [5.41, 5.74) is 2.40. The molecule has 0 radical (unpaired) electrons. The van der Waals surface area contributed by atoms with Crippen molar-refractivity contribution in [1.29, 1.82) is 0 Å². The molecule has 0 atom stereocenters. The van der Waals surface area contributed by atoms with E-state index in [-0.39, 0.29) is 16.9 Å². The minimum absolute atomic E-state index is 0.104. The molecule has 2 rings (SSSR count). The van der Waals surface area contributed by atoms with Gasteiger partial charge in [0, 0.05) is 31.8 Å². The van der Waals surface area contributed by atoms with Gasteiger partial charge < -0.3 is 10.2 Å². The lowest BCUT2D eigenvalue weighted by Gasteiger charge is -2.11. The topological polar surface area (TPSA) is 61.4 Å². The van der Waals surface area contributed by atoms with Crippen molar-refractivity contribution in [2.24, 2.45) is 0 Å². The van der Waals surface area contributed by atoms with Crippen LogP contribution >= 0.6 is 12.2 Å². The van der Waals surface area contributed by atoms with Crippen molar-refractivity contribution >= 4 is 34.8 Å². The highest BCUT2D eigenvalue weighted by Gasteiger charge is 2.08. The maximum Gasteiger partial charge on any atom is 0.257 e. The van der Waals surface area contributed by atoms with E-state index in [0.29, 0.717) is 18.4 Å². The van der Waals surface area contributed by atoms with Crippen LogP contribution in [0.5, 0.6) is 0 Å². The lowest BCUT2D eigenvalue weighted by atomic mass is 10.1. The molecule has 0 aliphatic heterocycles.